The summed E-state index contributed by atoms with van der Waals surface area (Å²) in [5.41, 5.74) is 3.89. The van der Waals surface area contributed by atoms with Crippen molar-refractivity contribution in [1.82, 2.24) is 0 Å². The van der Waals surface area contributed by atoms with Crippen LogP contribution in [0.1, 0.15) is 27.9 Å². The van der Waals surface area contributed by atoms with Gasteiger partial charge >= 0.3 is 5.97 Å². The largest absolute Gasteiger partial charge is 0.465 e. The minimum Gasteiger partial charge on any atom is -0.465 e. The molecule has 0 heterocycles. The van der Waals surface area contributed by atoms with Crippen molar-refractivity contribution in [2.75, 3.05) is 17.7 Å². The molecule has 1 aliphatic rings. The highest BCUT2D eigenvalue weighted by Gasteiger charge is 2.48. The Balaban J connectivity index is 1.55. The lowest BCUT2D eigenvalue weighted by molar-refractivity contribution is -0.122. The Morgan fingerprint density at radius 1 is 0.852 bits per heavy atom. The van der Waals surface area contributed by atoms with Gasteiger partial charge in [-0.15, -0.1) is 0 Å². The molecule has 2 aromatic carbocycles. The fourth-order valence-electron chi connectivity index (χ4n) is 3.10. The Bertz CT molecular complexity index is 869. The third-order valence-corrected chi connectivity index (χ3v) is 4.53. The number of rotatable bonds is 5. The average Bonchev–Trinajstić information content (AvgIpc) is 3.42. The summed E-state index contributed by atoms with van der Waals surface area (Å²) in [5.74, 6) is -1.42. The predicted octanol–water partition coefficient (Wildman–Crippen LogP) is 3.30. The minimum atomic E-state index is -0.432. The van der Waals surface area contributed by atoms with Crippen molar-refractivity contribution in [3.63, 3.8) is 0 Å². The molecule has 140 valence electrons. The Morgan fingerprint density at radius 3 is 1.89 bits per heavy atom. The molecule has 27 heavy (non-hydrogen) atoms. The number of carbonyl (C=O) groups is 3. The van der Waals surface area contributed by atoms with E-state index in [-0.39, 0.29) is 23.7 Å². The van der Waals surface area contributed by atoms with E-state index in [1.54, 1.807) is 24.3 Å². The lowest BCUT2D eigenvalue weighted by Gasteiger charge is -2.08. The first-order valence-electron chi connectivity index (χ1n) is 8.76. The van der Waals surface area contributed by atoms with Gasteiger partial charge in [0.25, 0.3) is 0 Å². The highest BCUT2D eigenvalue weighted by molar-refractivity contribution is 6.03. The number of ether oxygens (including phenoxy) is 1. The van der Waals surface area contributed by atoms with Crippen LogP contribution >= 0.6 is 0 Å². The molecule has 1 saturated carbocycles. The van der Waals surface area contributed by atoms with Crippen LogP contribution in [0.15, 0.2) is 42.5 Å². The first-order chi connectivity index (χ1) is 12.9. The molecule has 6 nitrogen and oxygen atoms in total. The van der Waals surface area contributed by atoms with E-state index in [1.165, 1.54) is 7.11 Å². The summed E-state index contributed by atoms with van der Waals surface area (Å²) in [6.07, 6.45) is 0.530. The topological polar surface area (TPSA) is 84.5 Å². The predicted molar refractivity (Wildman–Crippen MR) is 103 cm³/mol. The summed E-state index contributed by atoms with van der Waals surface area (Å²) >= 11 is 0. The number of benzene rings is 2. The van der Waals surface area contributed by atoms with Crippen molar-refractivity contribution < 1.29 is 19.1 Å². The molecule has 0 aliphatic heterocycles. The number of hydrogen-bond acceptors (Lipinski definition) is 4. The van der Waals surface area contributed by atoms with Crippen LogP contribution in [0, 0.1) is 25.7 Å². The third-order valence-electron chi connectivity index (χ3n) is 4.53. The van der Waals surface area contributed by atoms with Crippen LogP contribution in [0.4, 0.5) is 11.4 Å². The van der Waals surface area contributed by atoms with Crippen molar-refractivity contribution >= 4 is 29.2 Å². The maximum atomic E-state index is 12.4. The molecule has 0 aromatic heterocycles. The Morgan fingerprint density at radius 2 is 1.37 bits per heavy atom. The number of carbonyl (C=O) groups excluding carboxylic acids is 3. The van der Waals surface area contributed by atoms with Gasteiger partial charge in [-0.2, -0.15) is 0 Å². The molecule has 3 rings (SSSR count). The quantitative estimate of drug-likeness (QED) is 0.795. The fraction of sp³-hybridized carbons (Fsp3) is 0.286. The van der Waals surface area contributed by atoms with Crippen molar-refractivity contribution in [3.8, 4) is 0 Å². The van der Waals surface area contributed by atoms with Gasteiger partial charge in [-0.3, -0.25) is 9.59 Å². The molecule has 0 spiro atoms. The van der Waals surface area contributed by atoms with Gasteiger partial charge in [-0.25, -0.2) is 4.79 Å². The molecule has 0 radical (unpaired) electrons. The second-order valence-electron chi connectivity index (χ2n) is 6.87. The van der Waals surface area contributed by atoms with E-state index in [2.05, 4.69) is 15.4 Å². The van der Waals surface area contributed by atoms with Crippen LogP contribution in [-0.4, -0.2) is 24.9 Å². The summed E-state index contributed by atoms with van der Waals surface area (Å²) in [6, 6.07) is 12.3. The maximum absolute atomic E-state index is 12.4. The average molecular weight is 366 g/mol. The molecule has 6 heteroatoms. The van der Waals surface area contributed by atoms with Crippen LogP contribution < -0.4 is 10.6 Å². The number of amides is 2. The molecule has 2 amide bonds. The first kappa shape index (κ1) is 18.6. The maximum Gasteiger partial charge on any atom is 0.337 e. The highest BCUT2D eigenvalue weighted by Crippen LogP contribution is 2.40. The SMILES string of the molecule is COC(=O)c1ccc(NC(=O)C2CC2C(=O)Nc2cc(C)cc(C)c2)cc1. The van der Waals surface area contributed by atoms with Crippen molar-refractivity contribution in [2.45, 2.75) is 20.3 Å². The van der Waals surface area contributed by atoms with Crippen molar-refractivity contribution in [1.29, 1.82) is 0 Å². The highest BCUT2D eigenvalue weighted by atomic mass is 16.5. The van der Waals surface area contributed by atoms with Gasteiger partial charge in [0.1, 0.15) is 0 Å². The fourth-order valence-corrected chi connectivity index (χ4v) is 3.10. The second-order valence-corrected chi connectivity index (χ2v) is 6.87. The summed E-state index contributed by atoms with van der Waals surface area (Å²) in [4.78, 5) is 36.1. The van der Waals surface area contributed by atoms with Gasteiger partial charge in [0.2, 0.25) is 11.8 Å². The number of hydrogen-bond donors (Lipinski definition) is 2. The molecule has 2 aromatic rings. The number of aryl methyl sites for hydroxylation is 2. The monoisotopic (exact) mass is 366 g/mol. The van der Waals surface area contributed by atoms with Crippen LogP contribution in [0.5, 0.6) is 0 Å². The number of nitrogens with one attached hydrogen (secondary N) is 2. The van der Waals surface area contributed by atoms with E-state index >= 15 is 0 Å². The lowest BCUT2D eigenvalue weighted by atomic mass is 10.1. The van der Waals surface area contributed by atoms with Gasteiger partial charge < -0.3 is 15.4 Å². The van der Waals surface area contributed by atoms with Crippen LogP contribution in [0.2, 0.25) is 0 Å². The Labute approximate surface area is 157 Å². The molecule has 0 bridgehead atoms. The van der Waals surface area contributed by atoms with E-state index in [1.807, 2.05) is 32.0 Å². The molecule has 2 N–H and O–H groups in total. The van der Waals surface area contributed by atoms with Gasteiger partial charge in [-0.05, 0) is 67.8 Å². The van der Waals surface area contributed by atoms with Crippen LogP contribution in [0.25, 0.3) is 0 Å². The van der Waals surface area contributed by atoms with E-state index in [0.717, 1.165) is 16.8 Å². The Hall–Kier alpha value is -3.15. The first-order valence-corrected chi connectivity index (χ1v) is 8.76. The summed E-state index contributed by atoms with van der Waals surface area (Å²) < 4.78 is 4.64. The zero-order chi connectivity index (χ0) is 19.6. The van der Waals surface area contributed by atoms with Crippen molar-refractivity contribution in [2.24, 2.45) is 11.8 Å². The minimum absolute atomic E-state index is 0.138. The van der Waals surface area contributed by atoms with Gasteiger partial charge in [0, 0.05) is 11.4 Å². The summed E-state index contributed by atoms with van der Waals surface area (Å²) in [5, 5.41) is 5.67. The molecule has 0 saturated heterocycles. The number of methoxy groups -OCH3 is 1. The molecule has 1 fully saturated rings. The summed E-state index contributed by atoms with van der Waals surface area (Å²) in [7, 11) is 1.31. The number of esters is 1. The Kier molecular flexibility index (Phi) is 5.26. The normalized spacial score (nSPS) is 17.7. The molecular weight excluding hydrogens is 344 g/mol. The molecular formula is C21H22N2O4. The van der Waals surface area contributed by atoms with E-state index in [0.29, 0.717) is 17.7 Å². The third kappa shape index (κ3) is 4.53. The summed E-state index contributed by atoms with van der Waals surface area (Å²) in [6.45, 7) is 3.95. The zero-order valence-electron chi connectivity index (χ0n) is 15.5. The van der Waals surface area contributed by atoms with E-state index in [9.17, 15) is 14.4 Å². The molecule has 1 aliphatic carbocycles. The molecule has 2 atom stereocenters. The van der Waals surface area contributed by atoms with E-state index in [4.69, 9.17) is 0 Å². The standard InChI is InChI=1S/C21H22N2O4/c1-12-8-13(2)10-16(9-12)23-20(25)18-11-17(18)19(24)22-15-6-4-14(5-7-15)21(26)27-3/h4-10,17-18H,11H2,1-3H3,(H,22,24)(H,23,25). The second kappa shape index (κ2) is 7.61. The van der Waals surface area contributed by atoms with Crippen LogP contribution in [0.3, 0.4) is 0 Å². The van der Waals surface area contributed by atoms with Gasteiger partial charge in [-0.1, -0.05) is 6.07 Å². The van der Waals surface area contributed by atoms with E-state index < -0.39 is 5.97 Å². The molecule has 2 unspecified atom stereocenters. The van der Waals surface area contributed by atoms with Gasteiger partial charge in [0.05, 0.1) is 24.5 Å². The lowest BCUT2D eigenvalue weighted by Crippen LogP contribution is -2.20. The van der Waals surface area contributed by atoms with Gasteiger partial charge in [0.15, 0.2) is 0 Å². The number of anilines is 2. The zero-order valence-corrected chi connectivity index (χ0v) is 15.5. The smallest absolute Gasteiger partial charge is 0.337 e. The van der Waals surface area contributed by atoms with Crippen LogP contribution in [-0.2, 0) is 14.3 Å². The van der Waals surface area contributed by atoms with Crippen molar-refractivity contribution in [3.05, 3.63) is 59.2 Å².